The van der Waals surface area contributed by atoms with Gasteiger partial charge in [-0.1, -0.05) is 22.0 Å². The number of fused-ring (bicyclic) bond motifs is 1. The molecule has 0 fully saturated rings. The third-order valence-electron chi connectivity index (χ3n) is 3.76. The molecule has 0 aliphatic heterocycles. The van der Waals surface area contributed by atoms with Crippen LogP contribution in [0.1, 0.15) is 0 Å². The van der Waals surface area contributed by atoms with Crippen LogP contribution in [0.2, 0.25) is 0 Å². The first-order valence-corrected chi connectivity index (χ1v) is 8.38. The largest absolute Gasteiger partial charge is 0.493 e. The third-order valence-corrected chi connectivity index (χ3v) is 4.25. The summed E-state index contributed by atoms with van der Waals surface area (Å²) < 4.78 is 16.5. The average Bonchev–Trinajstić information content (AvgIpc) is 2.67. The van der Waals surface area contributed by atoms with Gasteiger partial charge < -0.3 is 14.2 Å². The molecule has 0 N–H and O–H groups in total. The van der Waals surface area contributed by atoms with E-state index in [1.54, 1.807) is 38.5 Å². The molecule has 1 heterocycles. The highest BCUT2D eigenvalue weighted by atomic mass is 79.9. The molecule has 0 radical (unpaired) electrons. The molecule has 0 aliphatic carbocycles. The number of halogens is 1. The van der Waals surface area contributed by atoms with E-state index in [0.29, 0.717) is 33.9 Å². The molecule has 2 aromatic carbocycles. The molecular weight excluding hydrogens is 402 g/mol. The molecule has 0 saturated heterocycles. The zero-order valence-electron chi connectivity index (χ0n) is 14.4. The average molecular weight is 418 g/mol. The van der Waals surface area contributed by atoms with Crippen molar-refractivity contribution in [2.75, 3.05) is 26.2 Å². The lowest BCUT2D eigenvalue weighted by Crippen LogP contribution is -2.26. The van der Waals surface area contributed by atoms with E-state index in [-0.39, 0.29) is 0 Å². The highest BCUT2D eigenvalue weighted by Gasteiger charge is 2.24. The van der Waals surface area contributed by atoms with Crippen LogP contribution in [0.5, 0.6) is 11.5 Å². The Kier molecular flexibility index (Phi) is 5.22. The molecule has 1 aromatic heterocycles. The number of nitrogens with zero attached hydrogens (tertiary/aromatic N) is 3. The Morgan fingerprint density at radius 1 is 1.04 bits per heavy atom. The van der Waals surface area contributed by atoms with Gasteiger partial charge in [0.2, 0.25) is 0 Å². The smallest absolute Gasteiger partial charge is 0.419 e. The second-order valence-corrected chi connectivity index (χ2v) is 6.12. The van der Waals surface area contributed by atoms with Gasteiger partial charge in [0, 0.05) is 15.9 Å². The van der Waals surface area contributed by atoms with Gasteiger partial charge in [-0.2, -0.15) is 0 Å². The summed E-state index contributed by atoms with van der Waals surface area (Å²) in [5, 5.41) is 0.621. The number of hydrogen-bond donors (Lipinski definition) is 0. The standard InChI is InChI=1S/C18H16BrN3O4/c1-24-15-8-13-14(9-16(15)25-2)20-10-21-17(13)22(18(23)26-3)12-6-4-5-11(19)7-12/h4-10H,1-3H3. The van der Waals surface area contributed by atoms with Gasteiger partial charge in [0.25, 0.3) is 0 Å². The summed E-state index contributed by atoms with van der Waals surface area (Å²) in [6.45, 7) is 0. The van der Waals surface area contributed by atoms with Crippen LogP contribution in [0.25, 0.3) is 10.9 Å². The Balaban J connectivity index is 2.27. The molecule has 1 amide bonds. The van der Waals surface area contributed by atoms with Crippen LogP contribution in [0.15, 0.2) is 47.2 Å². The SMILES string of the molecule is COC(=O)N(c1cccc(Br)c1)c1ncnc2cc(OC)c(OC)cc12. The number of rotatable bonds is 4. The van der Waals surface area contributed by atoms with Crippen molar-refractivity contribution < 1.29 is 19.0 Å². The molecule has 0 bridgehead atoms. The number of benzene rings is 2. The summed E-state index contributed by atoms with van der Waals surface area (Å²) in [6.07, 6.45) is 0.815. The normalized spacial score (nSPS) is 10.5. The van der Waals surface area contributed by atoms with E-state index in [4.69, 9.17) is 14.2 Å². The van der Waals surface area contributed by atoms with Crippen molar-refractivity contribution in [3.8, 4) is 11.5 Å². The molecule has 3 rings (SSSR count). The minimum atomic E-state index is -0.571. The Morgan fingerprint density at radius 2 is 1.77 bits per heavy atom. The van der Waals surface area contributed by atoms with E-state index in [9.17, 15) is 4.79 Å². The summed E-state index contributed by atoms with van der Waals surface area (Å²) in [4.78, 5) is 22.5. The van der Waals surface area contributed by atoms with Crippen molar-refractivity contribution in [3.63, 3.8) is 0 Å². The van der Waals surface area contributed by atoms with Crippen LogP contribution < -0.4 is 14.4 Å². The van der Waals surface area contributed by atoms with Gasteiger partial charge in [-0.15, -0.1) is 0 Å². The number of amides is 1. The first-order valence-electron chi connectivity index (χ1n) is 7.59. The van der Waals surface area contributed by atoms with E-state index in [0.717, 1.165) is 4.47 Å². The maximum atomic E-state index is 12.5. The lowest BCUT2D eigenvalue weighted by molar-refractivity contribution is 0.181. The van der Waals surface area contributed by atoms with Crippen LogP contribution in [0.4, 0.5) is 16.3 Å². The third kappa shape index (κ3) is 3.28. The maximum absolute atomic E-state index is 12.5. The predicted octanol–water partition coefficient (Wildman–Crippen LogP) is 4.31. The van der Waals surface area contributed by atoms with Crippen LogP contribution >= 0.6 is 15.9 Å². The van der Waals surface area contributed by atoms with Crippen LogP contribution in [-0.4, -0.2) is 37.4 Å². The van der Waals surface area contributed by atoms with Crippen molar-refractivity contribution >= 4 is 44.4 Å². The topological polar surface area (TPSA) is 73.8 Å². The van der Waals surface area contributed by atoms with E-state index >= 15 is 0 Å². The summed E-state index contributed by atoms with van der Waals surface area (Å²) in [5.74, 6) is 1.42. The minimum absolute atomic E-state index is 0.376. The van der Waals surface area contributed by atoms with Crippen molar-refractivity contribution in [1.82, 2.24) is 9.97 Å². The second-order valence-electron chi connectivity index (χ2n) is 5.21. The summed E-state index contributed by atoms with van der Waals surface area (Å²) in [5.41, 5.74) is 1.21. The fourth-order valence-electron chi connectivity index (χ4n) is 2.57. The molecule has 0 saturated carbocycles. The molecular formula is C18H16BrN3O4. The quantitative estimate of drug-likeness (QED) is 0.629. The summed E-state index contributed by atoms with van der Waals surface area (Å²) in [7, 11) is 4.41. The highest BCUT2D eigenvalue weighted by molar-refractivity contribution is 9.10. The summed E-state index contributed by atoms with van der Waals surface area (Å²) in [6, 6.07) is 10.7. The molecule has 0 spiro atoms. The number of carbonyl (C=O) groups excluding carboxylic acids is 1. The molecule has 0 aliphatic rings. The van der Waals surface area contributed by atoms with Gasteiger partial charge in [-0.3, -0.25) is 0 Å². The fraction of sp³-hybridized carbons (Fsp3) is 0.167. The van der Waals surface area contributed by atoms with Gasteiger partial charge in [0.1, 0.15) is 6.33 Å². The predicted molar refractivity (Wildman–Crippen MR) is 101 cm³/mol. The Labute approximate surface area is 158 Å². The van der Waals surface area contributed by atoms with E-state index in [1.807, 2.05) is 12.1 Å². The lowest BCUT2D eigenvalue weighted by Gasteiger charge is -2.22. The molecule has 3 aromatic rings. The van der Waals surface area contributed by atoms with Crippen LogP contribution in [0.3, 0.4) is 0 Å². The maximum Gasteiger partial charge on any atom is 0.419 e. The van der Waals surface area contributed by atoms with Crippen molar-refractivity contribution in [3.05, 3.63) is 47.2 Å². The molecule has 0 atom stereocenters. The van der Waals surface area contributed by atoms with E-state index in [1.165, 1.54) is 18.3 Å². The van der Waals surface area contributed by atoms with Crippen molar-refractivity contribution in [1.29, 1.82) is 0 Å². The molecule has 7 nitrogen and oxygen atoms in total. The molecule has 26 heavy (non-hydrogen) atoms. The van der Waals surface area contributed by atoms with Gasteiger partial charge >= 0.3 is 6.09 Å². The van der Waals surface area contributed by atoms with E-state index < -0.39 is 6.09 Å². The van der Waals surface area contributed by atoms with Gasteiger partial charge in [0.05, 0.1) is 32.5 Å². The Bertz CT molecular complexity index is 964. The van der Waals surface area contributed by atoms with Gasteiger partial charge in [-0.25, -0.2) is 19.7 Å². The molecule has 8 heteroatoms. The van der Waals surface area contributed by atoms with Crippen molar-refractivity contribution in [2.45, 2.75) is 0 Å². The number of carbonyl (C=O) groups is 1. The fourth-order valence-corrected chi connectivity index (χ4v) is 2.96. The van der Waals surface area contributed by atoms with Crippen LogP contribution in [0, 0.1) is 0 Å². The first kappa shape index (κ1) is 17.9. The Morgan fingerprint density at radius 3 is 2.42 bits per heavy atom. The van der Waals surface area contributed by atoms with Crippen LogP contribution in [-0.2, 0) is 4.74 Å². The van der Waals surface area contributed by atoms with Crippen molar-refractivity contribution in [2.24, 2.45) is 0 Å². The van der Waals surface area contributed by atoms with E-state index in [2.05, 4.69) is 25.9 Å². The highest BCUT2D eigenvalue weighted by Crippen LogP contribution is 2.37. The first-order chi connectivity index (χ1) is 12.6. The number of ether oxygens (including phenoxy) is 3. The van der Waals surface area contributed by atoms with Gasteiger partial charge in [0.15, 0.2) is 17.3 Å². The molecule has 134 valence electrons. The number of anilines is 2. The number of aromatic nitrogens is 2. The zero-order chi connectivity index (χ0) is 18.7. The second kappa shape index (κ2) is 7.57. The lowest BCUT2D eigenvalue weighted by atomic mass is 10.2. The minimum Gasteiger partial charge on any atom is -0.493 e. The molecule has 0 unspecified atom stereocenters. The zero-order valence-corrected chi connectivity index (χ0v) is 16.0. The Hall–Kier alpha value is -2.87. The summed E-state index contributed by atoms with van der Waals surface area (Å²) >= 11 is 3.42. The number of hydrogen-bond acceptors (Lipinski definition) is 6. The number of methoxy groups -OCH3 is 3. The van der Waals surface area contributed by atoms with Gasteiger partial charge in [-0.05, 0) is 24.3 Å². The monoisotopic (exact) mass is 417 g/mol.